The third-order valence-corrected chi connectivity index (χ3v) is 8.08. The van der Waals surface area contributed by atoms with E-state index < -0.39 is 30.0 Å². The van der Waals surface area contributed by atoms with Crippen molar-refractivity contribution >= 4 is 41.4 Å². The molecule has 0 aromatic heterocycles. The summed E-state index contributed by atoms with van der Waals surface area (Å²) >= 11 is 11.6. The lowest BCUT2D eigenvalue weighted by Gasteiger charge is -2.44. The molecule has 3 atom stereocenters. The average Bonchev–Trinajstić information content (AvgIpc) is 3.08. The van der Waals surface area contributed by atoms with Crippen molar-refractivity contribution in [2.45, 2.75) is 45.9 Å². The third kappa shape index (κ3) is 9.48. The number of benzene rings is 3. The molecule has 0 saturated carbocycles. The first-order valence-electron chi connectivity index (χ1n) is 15.2. The smallest absolute Gasteiger partial charge is 0.314 e. The van der Waals surface area contributed by atoms with Gasteiger partial charge < -0.3 is 19.1 Å². The van der Waals surface area contributed by atoms with Crippen molar-refractivity contribution in [2.24, 2.45) is 11.8 Å². The van der Waals surface area contributed by atoms with Gasteiger partial charge >= 0.3 is 5.97 Å². The van der Waals surface area contributed by atoms with Gasteiger partial charge in [-0.25, -0.2) is 4.39 Å². The molecule has 2 fully saturated rings. The Morgan fingerprint density at radius 3 is 2.20 bits per heavy atom. The molecule has 10 heteroatoms. The molecule has 3 aromatic rings. The molecule has 0 bridgehead atoms. The van der Waals surface area contributed by atoms with E-state index in [4.69, 9.17) is 37.4 Å². The minimum atomic E-state index is -1.12. The summed E-state index contributed by atoms with van der Waals surface area (Å²) in [5.74, 6) is -2.43. The lowest BCUT2D eigenvalue weighted by molar-refractivity contribution is -0.183. The van der Waals surface area contributed by atoms with Crippen LogP contribution in [0.2, 0.25) is 10.0 Å². The summed E-state index contributed by atoms with van der Waals surface area (Å²) < 4.78 is 32.1. The standard InChI is InChI=1S/C28H29ClFNO6.C6H5Cl.C2H6/c1-3-10-36-28(34)22-15-37-27(31(16-32)25(22)18-4-6-21(29)7-5-18)24-17(2)13-20(14-23(24)30)26(33)19-8-11-35-12-9-19;7-6-4-2-1-3-5-6;1-2/h3-7,13-14,16,19,22,25,27H,1,8-12,15H2,2H3;1-5H;1-2H3/t22-,25?,27+;;/m0../s1. The van der Waals surface area contributed by atoms with Gasteiger partial charge in [-0.05, 0) is 67.3 Å². The largest absolute Gasteiger partial charge is 0.461 e. The predicted molar refractivity (Wildman–Crippen MR) is 177 cm³/mol. The van der Waals surface area contributed by atoms with Gasteiger partial charge in [-0.15, -0.1) is 0 Å². The topological polar surface area (TPSA) is 82.1 Å². The first-order valence-corrected chi connectivity index (χ1v) is 16.0. The molecule has 0 N–H and O–H groups in total. The molecule has 0 radical (unpaired) electrons. The molecule has 0 aliphatic carbocycles. The van der Waals surface area contributed by atoms with E-state index in [2.05, 4.69) is 6.58 Å². The van der Waals surface area contributed by atoms with E-state index in [-0.39, 0.29) is 36.0 Å². The summed E-state index contributed by atoms with van der Waals surface area (Å²) in [5, 5.41) is 1.28. The number of esters is 1. The van der Waals surface area contributed by atoms with Crippen LogP contribution in [0.5, 0.6) is 0 Å². The van der Waals surface area contributed by atoms with E-state index in [1.54, 1.807) is 37.3 Å². The highest BCUT2D eigenvalue weighted by Crippen LogP contribution is 2.43. The van der Waals surface area contributed by atoms with E-state index >= 15 is 4.39 Å². The minimum absolute atomic E-state index is 0.00351. The molecule has 46 heavy (non-hydrogen) atoms. The molecule has 0 spiro atoms. The zero-order valence-corrected chi connectivity index (χ0v) is 27.8. The summed E-state index contributed by atoms with van der Waals surface area (Å²) in [6.45, 7) is 10.1. The fourth-order valence-electron chi connectivity index (χ4n) is 5.41. The summed E-state index contributed by atoms with van der Waals surface area (Å²) in [6, 6.07) is 18.2. The van der Waals surface area contributed by atoms with Crippen molar-refractivity contribution < 1.29 is 33.0 Å². The Balaban J connectivity index is 0.000000558. The molecule has 2 saturated heterocycles. The van der Waals surface area contributed by atoms with E-state index in [0.717, 1.165) is 5.02 Å². The highest BCUT2D eigenvalue weighted by Gasteiger charge is 2.44. The Hall–Kier alpha value is -3.56. The minimum Gasteiger partial charge on any atom is -0.461 e. The number of carbonyl (C=O) groups excluding carboxylic acids is 3. The van der Waals surface area contributed by atoms with Crippen molar-refractivity contribution in [3.63, 3.8) is 0 Å². The van der Waals surface area contributed by atoms with Crippen LogP contribution in [0.15, 0.2) is 79.4 Å². The normalized spacial score (nSPS) is 19.4. The van der Waals surface area contributed by atoms with E-state index in [1.807, 2.05) is 44.2 Å². The number of halogens is 3. The van der Waals surface area contributed by atoms with Crippen molar-refractivity contribution in [3.8, 4) is 0 Å². The Morgan fingerprint density at radius 2 is 1.65 bits per heavy atom. The van der Waals surface area contributed by atoms with Crippen LogP contribution in [0.3, 0.4) is 0 Å². The summed E-state index contributed by atoms with van der Waals surface area (Å²) in [7, 11) is 0. The van der Waals surface area contributed by atoms with Crippen LogP contribution in [0.25, 0.3) is 0 Å². The number of ketones is 1. The Morgan fingerprint density at radius 1 is 1.02 bits per heavy atom. The molecule has 7 nitrogen and oxygen atoms in total. The molecule has 3 aromatic carbocycles. The number of amides is 1. The lowest BCUT2D eigenvalue weighted by Crippen LogP contribution is -2.47. The number of rotatable bonds is 8. The van der Waals surface area contributed by atoms with Crippen molar-refractivity contribution in [2.75, 3.05) is 26.4 Å². The molecular weight excluding hydrogens is 632 g/mol. The maximum Gasteiger partial charge on any atom is 0.314 e. The Bertz CT molecular complexity index is 1420. The van der Waals surface area contributed by atoms with Gasteiger partial charge in [0.25, 0.3) is 0 Å². The van der Waals surface area contributed by atoms with Crippen molar-refractivity contribution in [1.29, 1.82) is 0 Å². The first-order chi connectivity index (χ1) is 22.2. The van der Waals surface area contributed by atoms with E-state index in [9.17, 15) is 14.4 Å². The van der Waals surface area contributed by atoms with Gasteiger partial charge in [0.2, 0.25) is 6.41 Å². The van der Waals surface area contributed by atoms with Gasteiger partial charge in [0.15, 0.2) is 12.0 Å². The Kier molecular flexibility index (Phi) is 14.9. The molecule has 5 rings (SSSR count). The molecule has 246 valence electrons. The molecular formula is C36H40Cl2FNO6. The molecule has 2 heterocycles. The number of aryl methyl sites for hydroxylation is 1. The second-order valence-electron chi connectivity index (χ2n) is 10.5. The number of Topliss-reactive ketones (excluding diaryl/α,β-unsaturated/α-hetero) is 1. The van der Waals surface area contributed by atoms with Crippen LogP contribution >= 0.6 is 23.2 Å². The van der Waals surface area contributed by atoms with Crippen LogP contribution in [0.1, 0.15) is 66.0 Å². The Labute approximate surface area is 280 Å². The number of hydrogen-bond acceptors (Lipinski definition) is 6. The van der Waals surface area contributed by atoms with Crippen LogP contribution in [0, 0.1) is 24.6 Å². The van der Waals surface area contributed by atoms with Crippen LogP contribution in [-0.4, -0.2) is 49.5 Å². The number of hydrogen-bond donors (Lipinski definition) is 0. The SMILES string of the molecule is C=CCOC(=O)[C@H]1CO[C@H](c2c(C)cc(C(=O)C3CCOCC3)cc2F)N(C=O)C1c1ccc(Cl)cc1.CC.Clc1ccccc1. The third-order valence-electron chi connectivity index (χ3n) is 7.58. The fourth-order valence-corrected chi connectivity index (χ4v) is 5.68. The van der Waals surface area contributed by atoms with Gasteiger partial charge in [-0.2, -0.15) is 0 Å². The zero-order chi connectivity index (χ0) is 33.6. The predicted octanol–water partition coefficient (Wildman–Crippen LogP) is 8.34. The summed E-state index contributed by atoms with van der Waals surface area (Å²) in [6.07, 6.45) is 2.06. The summed E-state index contributed by atoms with van der Waals surface area (Å²) in [5.41, 5.74) is 1.50. The highest BCUT2D eigenvalue weighted by molar-refractivity contribution is 6.30. The van der Waals surface area contributed by atoms with E-state index in [0.29, 0.717) is 48.6 Å². The van der Waals surface area contributed by atoms with Gasteiger partial charge in [0, 0.05) is 40.3 Å². The van der Waals surface area contributed by atoms with Gasteiger partial charge in [0.05, 0.1) is 12.6 Å². The molecule has 2 aliphatic rings. The second-order valence-corrected chi connectivity index (χ2v) is 11.4. The monoisotopic (exact) mass is 671 g/mol. The quantitative estimate of drug-likeness (QED) is 0.104. The lowest BCUT2D eigenvalue weighted by atomic mass is 9.87. The second kappa shape index (κ2) is 18.6. The van der Waals surface area contributed by atoms with Crippen LogP contribution in [-0.2, 0) is 23.8 Å². The molecule has 1 amide bonds. The van der Waals surface area contributed by atoms with Crippen molar-refractivity contribution in [1.82, 2.24) is 4.90 Å². The van der Waals surface area contributed by atoms with Gasteiger partial charge in [0.1, 0.15) is 18.3 Å². The maximum atomic E-state index is 15.6. The number of ether oxygens (including phenoxy) is 3. The van der Waals surface area contributed by atoms with Gasteiger partial charge in [-0.3, -0.25) is 14.4 Å². The van der Waals surface area contributed by atoms with Crippen LogP contribution in [0.4, 0.5) is 4.39 Å². The fraction of sp³-hybridized carbons (Fsp3) is 0.361. The first kappa shape index (κ1) is 36.9. The number of carbonyl (C=O) groups is 3. The number of nitrogens with zero attached hydrogens (tertiary/aromatic N) is 1. The highest BCUT2D eigenvalue weighted by atomic mass is 35.5. The maximum absolute atomic E-state index is 15.6. The van der Waals surface area contributed by atoms with Crippen LogP contribution < -0.4 is 0 Å². The average molecular weight is 673 g/mol. The molecule has 2 aliphatic heterocycles. The van der Waals surface area contributed by atoms with Crippen molar-refractivity contribution in [3.05, 3.63) is 118 Å². The molecule has 1 unspecified atom stereocenters. The van der Waals surface area contributed by atoms with Gasteiger partial charge in [-0.1, -0.05) is 80.0 Å². The van der Waals surface area contributed by atoms with E-state index in [1.165, 1.54) is 17.0 Å². The zero-order valence-electron chi connectivity index (χ0n) is 26.3. The summed E-state index contributed by atoms with van der Waals surface area (Å²) in [4.78, 5) is 39.6.